The van der Waals surface area contributed by atoms with Gasteiger partial charge in [0.1, 0.15) is 6.07 Å². The Balaban J connectivity index is 2.49. The van der Waals surface area contributed by atoms with Crippen molar-refractivity contribution >= 4 is 34.6 Å². The lowest BCUT2D eigenvalue weighted by Gasteiger charge is -2.04. The quantitative estimate of drug-likeness (QED) is 0.318. The molecular weight excluding hydrogens is 478 g/mol. The fourth-order valence-corrected chi connectivity index (χ4v) is 2.67. The van der Waals surface area contributed by atoms with Gasteiger partial charge < -0.3 is 40.5 Å². The zero-order valence-electron chi connectivity index (χ0n) is 15.6. The van der Waals surface area contributed by atoms with Crippen molar-refractivity contribution in [2.45, 2.75) is 0 Å². The van der Waals surface area contributed by atoms with E-state index >= 15 is 0 Å². The molecule has 34 heavy (non-hydrogen) atoms. The molecule has 0 spiro atoms. The standard InChI is InChI=1S/C11H3N11O12/c23-17(24)4-1-5(18(25)26)7(16-3-13-9(20(29)30)11(16)22(33)34)14-6(4)15-2-12-8(19(27)28)10(15)21(31)32/h1-3H. The Labute approximate surface area is 180 Å². The summed E-state index contributed by atoms with van der Waals surface area (Å²) in [6, 6.07) is 0.197. The minimum atomic E-state index is -1.44. The van der Waals surface area contributed by atoms with Gasteiger partial charge in [-0.05, 0) is 19.7 Å². The van der Waals surface area contributed by atoms with Gasteiger partial charge in [-0.1, -0.05) is 0 Å². The summed E-state index contributed by atoms with van der Waals surface area (Å²) in [5.74, 6) is -7.92. The summed E-state index contributed by atoms with van der Waals surface area (Å²) in [6.07, 6.45) is 0.762. The summed E-state index contributed by atoms with van der Waals surface area (Å²) >= 11 is 0. The molecular formula is C11H3N11O12. The predicted molar refractivity (Wildman–Crippen MR) is 98.4 cm³/mol. The first-order valence-electron chi connectivity index (χ1n) is 7.93. The molecule has 0 bridgehead atoms. The highest BCUT2D eigenvalue weighted by Crippen LogP contribution is 2.37. The second-order valence-corrected chi connectivity index (χ2v) is 5.74. The fourth-order valence-electron chi connectivity index (χ4n) is 2.67. The zero-order valence-corrected chi connectivity index (χ0v) is 15.6. The van der Waals surface area contributed by atoms with E-state index in [-0.39, 0.29) is 15.2 Å². The third kappa shape index (κ3) is 3.50. The average Bonchev–Trinajstić information content (AvgIpc) is 3.37. The van der Waals surface area contributed by atoms with Gasteiger partial charge in [0, 0.05) is 9.97 Å². The number of pyridine rings is 1. The molecule has 0 amide bonds. The molecule has 0 aliphatic rings. The van der Waals surface area contributed by atoms with Crippen LogP contribution in [-0.2, 0) is 0 Å². The zero-order chi connectivity index (χ0) is 25.5. The number of imidazole rings is 2. The van der Waals surface area contributed by atoms with E-state index in [4.69, 9.17) is 0 Å². The first-order valence-corrected chi connectivity index (χ1v) is 7.93. The van der Waals surface area contributed by atoms with Crippen LogP contribution in [0.2, 0.25) is 0 Å². The van der Waals surface area contributed by atoms with Crippen molar-refractivity contribution in [3.63, 3.8) is 0 Å². The Morgan fingerprint density at radius 3 is 1.18 bits per heavy atom. The van der Waals surface area contributed by atoms with Gasteiger partial charge in [0.05, 0.1) is 9.85 Å². The van der Waals surface area contributed by atoms with E-state index in [9.17, 15) is 60.7 Å². The normalized spacial score (nSPS) is 10.6. The Kier molecular flexibility index (Phi) is 5.27. The van der Waals surface area contributed by atoms with Crippen molar-refractivity contribution < 1.29 is 29.5 Å². The molecule has 3 rings (SSSR count). The number of nitro groups is 6. The minimum absolute atomic E-state index is 0.140. The number of rotatable bonds is 8. The van der Waals surface area contributed by atoms with E-state index in [0.717, 1.165) is 0 Å². The molecule has 0 saturated heterocycles. The van der Waals surface area contributed by atoms with E-state index in [0.29, 0.717) is 12.7 Å². The molecule has 23 nitrogen and oxygen atoms in total. The van der Waals surface area contributed by atoms with Crippen molar-refractivity contribution in [3.05, 3.63) is 79.4 Å². The van der Waals surface area contributed by atoms with Crippen LogP contribution in [0.25, 0.3) is 11.6 Å². The largest absolute Gasteiger partial charge is 0.463 e. The molecule has 0 radical (unpaired) electrons. The van der Waals surface area contributed by atoms with Crippen LogP contribution in [0.3, 0.4) is 0 Å². The maximum absolute atomic E-state index is 11.5. The van der Waals surface area contributed by atoms with Gasteiger partial charge in [0.25, 0.3) is 0 Å². The van der Waals surface area contributed by atoms with Gasteiger partial charge in [0.2, 0.25) is 0 Å². The van der Waals surface area contributed by atoms with Crippen molar-refractivity contribution in [3.8, 4) is 11.6 Å². The third-order valence-corrected chi connectivity index (χ3v) is 3.93. The molecule has 0 N–H and O–H groups in total. The van der Waals surface area contributed by atoms with Gasteiger partial charge >= 0.3 is 58.9 Å². The molecule has 3 aromatic heterocycles. The van der Waals surface area contributed by atoms with Gasteiger partial charge in [-0.25, -0.2) is 0 Å². The van der Waals surface area contributed by atoms with Gasteiger partial charge in [-0.3, -0.25) is 20.2 Å². The molecule has 0 unspecified atom stereocenters. The lowest BCUT2D eigenvalue weighted by Crippen LogP contribution is -2.12. The average molecular weight is 481 g/mol. The number of hydrogen-bond donors (Lipinski definition) is 0. The Hall–Kier alpha value is -6.03. The number of aromatic nitrogens is 5. The van der Waals surface area contributed by atoms with E-state index in [2.05, 4.69) is 15.0 Å². The first kappa shape index (κ1) is 22.7. The van der Waals surface area contributed by atoms with Crippen molar-refractivity contribution in [2.24, 2.45) is 0 Å². The second kappa shape index (κ2) is 7.90. The Morgan fingerprint density at radius 2 is 0.912 bits per heavy atom. The van der Waals surface area contributed by atoms with Crippen LogP contribution in [0.4, 0.5) is 34.6 Å². The summed E-state index contributed by atoms with van der Waals surface area (Å²) in [5.41, 5.74) is -2.58. The van der Waals surface area contributed by atoms with Crippen LogP contribution < -0.4 is 0 Å². The van der Waals surface area contributed by atoms with Crippen LogP contribution in [0.1, 0.15) is 0 Å². The second-order valence-electron chi connectivity index (χ2n) is 5.74. The molecule has 23 heteroatoms. The minimum Gasteiger partial charge on any atom is -0.358 e. The topological polar surface area (TPSA) is 307 Å². The molecule has 0 aliphatic carbocycles. The lowest BCUT2D eigenvalue weighted by atomic mass is 10.3. The summed E-state index contributed by atoms with van der Waals surface area (Å²) in [5, 5.41) is 67.8. The third-order valence-electron chi connectivity index (χ3n) is 3.93. The Bertz CT molecular complexity index is 1330. The summed E-state index contributed by atoms with van der Waals surface area (Å²) < 4.78 is 0.279. The van der Waals surface area contributed by atoms with Gasteiger partial charge in [-0.15, -0.1) is 9.13 Å². The molecule has 0 aromatic carbocycles. The molecule has 0 aliphatic heterocycles. The fraction of sp³-hybridized carbons (Fsp3) is 0. The molecule has 0 fully saturated rings. The molecule has 3 heterocycles. The molecule has 174 valence electrons. The maximum Gasteiger partial charge on any atom is 0.463 e. The summed E-state index contributed by atoms with van der Waals surface area (Å²) in [6.45, 7) is 0. The monoisotopic (exact) mass is 481 g/mol. The predicted octanol–water partition coefficient (Wildman–Crippen LogP) is 0.902. The van der Waals surface area contributed by atoms with Gasteiger partial charge in [-0.2, -0.15) is 4.98 Å². The van der Waals surface area contributed by atoms with Crippen LogP contribution >= 0.6 is 0 Å². The first-order chi connectivity index (χ1) is 15.9. The highest BCUT2D eigenvalue weighted by Gasteiger charge is 2.43. The summed E-state index contributed by atoms with van der Waals surface area (Å²) in [4.78, 5) is 69.8. The maximum atomic E-state index is 11.5. The van der Waals surface area contributed by atoms with Crippen LogP contribution in [0.15, 0.2) is 18.7 Å². The number of hydrogen-bond acceptors (Lipinski definition) is 15. The van der Waals surface area contributed by atoms with Crippen molar-refractivity contribution in [2.75, 3.05) is 0 Å². The van der Waals surface area contributed by atoms with Crippen LogP contribution in [0, 0.1) is 60.7 Å². The van der Waals surface area contributed by atoms with Crippen LogP contribution in [-0.4, -0.2) is 53.6 Å². The van der Waals surface area contributed by atoms with E-state index < -0.39 is 75.8 Å². The van der Waals surface area contributed by atoms with Gasteiger partial charge in [0.15, 0.2) is 0 Å². The van der Waals surface area contributed by atoms with Crippen molar-refractivity contribution in [1.82, 2.24) is 24.1 Å². The smallest absolute Gasteiger partial charge is 0.358 e. The van der Waals surface area contributed by atoms with E-state index in [1.165, 1.54) is 0 Å². The molecule has 3 aromatic rings. The number of nitrogens with zero attached hydrogens (tertiary/aromatic N) is 11. The highest BCUT2D eigenvalue weighted by molar-refractivity contribution is 5.65. The molecule has 0 saturated carbocycles. The lowest BCUT2D eigenvalue weighted by molar-refractivity contribution is -0.428. The molecule has 0 atom stereocenters. The van der Waals surface area contributed by atoms with E-state index in [1.54, 1.807) is 0 Å². The highest BCUT2D eigenvalue weighted by atomic mass is 16.7. The SMILES string of the molecule is O=[N+]([O-])c1cc([N+](=O)[O-])c(-n2cnc([N+](=O)[O-])c2[N+](=O)[O-])nc1-n1cnc([N+](=O)[O-])c1[N+](=O)[O-]. The van der Waals surface area contributed by atoms with E-state index in [1.807, 2.05) is 0 Å². The Morgan fingerprint density at radius 1 is 0.559 bits per heavy atom. The van der Waals surface area contributed by atoms with Crippen LogP contribution in [0.5, 0.6) is 0 Å². The van der Waals surface area contributed by atoms with Crippen molar-refractivity contribution in [1.29, 1.82) is 0 Å². The summed E-state index contributed by atoms with van der Waals surface area (Å²) in [7, 11) is 0.